The van der Waals surface area contributed by atoms with Crippen LogP contribution in [0.25, 0.3) is 0 Å². The van der Waals surface area contributed by atoms with Crippen molar-refractivity contribution in [2.75, 3.05) is 13.2 Å². The lowest BCUT2D eigenvalue weighted by molar-refractivity contribution is 0.0509. The number of aryl methyl sites for hydroxylation is 2. The van der Waals surface area contributed by atoms with E-state index >= 15 is 0 Å². The van der Waals surface area contributed by atoms with Gasteiger partial charge in [-0.1, -0.05) is 13.8 Å². The van der Waals surface area contributed by atoms with Crippen LogP contribution in [-0.2, 0) is 35.2 Å². The summed E-state index contributed by atoms with van der Waals surface area (Å²) < 4.78 is 13.7. The predicted molar refractivity (Wildman–Crippen MR) is 126 cm³/mol. The molecule has 0 bridgehead atoms. The number of rotatable bonds is 4. The molecule has 2 aromatic rings. The molecule has 0 aromatic carbocycles. The van der Waals surface area contributed by atoms with Gasteiger partial charge in [-0.3, -0.25) is 0 Å². The van der Waals surface area contributed by atoms with E-state index in [4.69, 9.17) is 9.47 Å². The topological polar surface area (TPSA) is 62.5 Å². The van der Waals surface area contributed by atoms with Gasteiger partial charge in [-0.25, -0.2) is 9.59 Å². The largest absolute Gasteiger partial charge is 0.461 e. The van der Waals surface area contributed by atoms with Crippen LogP contribution in [0.1, 0.15) is 84.0 Å². The highest BCUT2D eigenvalue weighted by atomic mass is 31.0. The summed E-state index contributed by atoms with van der Waals surface area (Å²) >= 11 is 0. The van der Waals surface area contributed by atoms with Crippen molar-refractivity contribution in [2.45, 2.75) is 66.2 Å². The van der Waals surface area contributed by atoms with Crippen molar-refractivity contribution < 1.29 is 19.1 Å². The number of aromatic nitrogens is 2. The molecule has 0 fully saturated rings. The van der Waals surface area contributed by atoms with Gasteiger partial charge < -0.3 is 18.1 Å². The predicted octanol–water partition coefficient (Wildman–Crippen LogP) is 4.61. The van der Waals surface area contributed by atoms with Crippen LogP contribution >= 0.6 is 18.8 Å². The summed E-state index contributed by atoms with van der Waals surface area (Å²) in [6.07, 6.45) is 6.70. The van der Waals surface area contributed by atoms with Gasteiger partial charge in [-0.15, -0.1) is 0 Å². The zero-order valence-corrected chi connectivity index (χ0v) is 20.8. The number of nitrogens with zero attached hydrogens (tertiary/aromatic N) is 2. The molecule has 0 N–H and O–H groups in total. The summed E-state index contributed by atoms with van der Waals surface area (Å²) in [5.41, 5.74) is 6.42. The fraction of sp³-hybridized carbons (Fsp3) is 0.545. The minimum absolute atomic E-state index is 0.225. The van der Waals surface area contributed by atoms with Crippen LogP contribution in [0.15, 0.2) is 12.1 Å². The molecule has 8 heteroatoms. The highest BCUT2D eigenvalue weighted by molar-refractivity contribution is 7.14. The van der Waals surface area contributed by atoms with Crippen LogP contribution in [0.5, 0.6) is 0 Å². The molecule has 0 spiro atoms. The van der Waals surface area contributed by atoms with E-state index in [1.807, 2.05) is 48.5 Å². The second-order valence-corrected chi connectivity index (χ2v) is 7.92. The van der Waals surface area contributed by atoms with Gasteiger partial charge in [0.25, 0.3) is 0 Å². The molecule has 0 saturated heterocycles. The van der Waals surface area contributed by atoms with Crippen molar-refractivity contribution >= 4 is 30.7 Å². The first-order chi connectivity index (χ1) is 14.5. The zero-order chi connectivity index (χ0) is 22.3. The second kappa shape index (κ2) is 11.7. The van der Waals surface area contributed by atoms with Crippen molar-refractivity contribution in [2.24, 2.45) is 0 Å². The Labute approximate surface area is 184 Å². The third kappa shape index (κ3) is 5.34. The Kier molecular flexibility index (Phi) is 9.58. The van der Waals surface area contributed by atoms with Crippen molar-refractivity contribution in [3.8, 4) is 0 Å². The molecule has 2 aliphatic carbocycles. The van der Waals surface area contributed by atoms with Crippen LogP contribution < -0.4 is 0 Å². The Morgan fingerprint density at radius 3 is 1.47 bits per heavy atom. The average molecular weight is 452 g/mol. The monoisotopic (exact) mass is 452 g/mol. The number of hydrogen-bond acceptors (Lipinski definition) is 4. The summed E-state index contributed by atoms with van der Waals surface area (Å²) in [7, 11) is 5.17. The van der Waals surface area contributed by atoms with Crippen molar-refractivity contribution in [1.29, 1.82) is 0 Å². The molecule has 4 rings (SSSR count). The molecule has 0 radical (unpaired) electrons. The SMILES string of the molecule is CC.CCOC(=O)c1cc2c(n1P)CCC2.CCOC(=O)c1cc2c(n1P)CCC2. The normalized spacial score (nSPS) is 13.4. The third-order valence-electron chi connectivity index (χ3n) is 5.15. The fourth-order valence-electron chi connectivity index (χ4n) is 3.85. The van der Waals surface area contributed by atoms with E-state index in [-0.39, 0.29) is 11.9 Å². The molecule has 0 aliphatic heterocycles. The van der Waals surface area contributed by atoms with Crippen LogP contribution in [0.4, 0.5) is 0 Å². The Bertz CT molecular complexity index is 814. The molecule has 2 atom stereocenters. The lowest BCUT2D eigenvalue weighted by Crippen LogP contribution is -2.08. The molecule has 0 saturated carbocycles. The molecular formula is C22H34N2O4P2. The summed E-state index contributed by atoms with van der Waals surface area (Å²) in [5.74, 6) is -0.450. The maximum Gasteiger partial charge on any atom is 0.355 e. The van der Waals surface area contributed by atoms with Crippen molar-refractivity contribution in [1.82, 2.24) is 8.68 Å². The van der Waals surface area contributed by atoms with Crippen LogP contribution in [-0.4, -0.2) is 33.8 Å². The summed E-state index contributed by atoms with van der Waals surface area (Å²) in [6, 6.07) is 3.90. The maximum atomic E-state index is 11.5. The molecule has 166 valence electrons. The van der Waals surface area contributed by atoms with E-state index < -0.39 is 0 Å². The van der Waals surface area contributed by atoms with Crippen LogP contribution in [0.3, 0.4) is 0 Å². The van der Waals surface area contributed by atoms with E-state index in [1.54, 1.807) is 0 Å². The Morgan fingerprint density at radius 2 is 1.17 bits per heavy atom. The van der Waals surface area contributed by atoms with Gasteiger partial charge >= 0.3 is 11.9 Å². The van der Waals surface area contributed by atoms with Gasteiger partial charge in [-0.05, 0) is 94.4 Å². The first-order valence-electron chi connectivity index (χ1n) is 10.8. The molecule has 2 heterocycles. The first kappa shape index (κ1) is 24.6. The number of fused-ring (bicyclic) bond motifs is 2. The van der Waals surface area contributed by atoms with Crippen LogP contribution in [0, 0.1) is 0 Å². The Hall–Kier alpha value is -1.64. The van der Waals surface area contributed by atoms with Gasteiger partial charge in [0.2, 0.25) is 0 Å². The molecular weight excluding hydrogens is 418 g/mol. The van der Waals surface area contributed by atoms with E-state index in [9.17, 15) is 9.59 Å². The van der Waals surface area contributed by atoms with Gasteiger partial charge in [-0.2, -0.15) is 0 Å². The number of esters is 2. The summed E-state index contributed by atoms with van der Waals surface area (Å²) in [5, 5.41) is 0. The van der Waals surface area contributed by atoms with E-state index in [0.29, 0.717) is 24.6 Å². The zero-order valence-electron chi connectivity index (χ0n) is 18.5. The Balaban J connectivity index is 0.000000197. The minimum Gasteiger partial charge on any atom is -0.461 e. The van der Waals surface area contributed by atoms with E-state index in [1.165, 1.54) is 35.4 Å². The molecule has 2 unspecified atom stereocenters. The van der Waals surface area contributed by atoms with Crippen LogP contribution in [0.2, 0.25) is 0 Å². The standard InChI is InChI=1S/2C10H14NO2P.C2H6/c2*1-2-13-10(12)9-6-7-4-3-5-8(7)11(9)14;1-2/h2*6H,2-5,14H2,1H3;1-2H3. The molecule has 2 aromatic heterocycles. The fourth-order valence-corrected chi connectivity index (χ4v) is 4.80. The first-order valence-corrected chi connectivity index (χ1v) is 11.8. The molecule has 0 amide bonds. The van der Waals surface area contributed by atoms with E-state index in [2.05, 4.69) is 18.8 Å². The molecule has 30 heavy (non-hydrogen) atoms. The van der Waals surface area contributed by atoms with Gasteiger partial charge in [0, 0.05) is 11.4 Å². The highest BCUT2D eigenvalue weighted by Gasteiger charge is 2.22. The average Bonchev–Trinajstić information content (AvgIpc) is 3.49. The number of ether oxygens (including phenoxy) is 2. The van der Waals surface area contributed by atoms with Gasteiger partial charge in [0.1, 0.15) is 11.4 Å². The smallest absolute Gasteiger partial charge is 0.355 e. The number of hydrogen-bond donors (Lipinski definition) is 0. The van der Waals surface area contributed by atoms with Crippen molar-refractivity contribution in [3.05, 3.63) is 46.0 Å². The summed E-state index contributed by atoms with van der Waals surface area (Å²) in [4.78, 5) is 23.0. The molecule has 2 aliphatic rings. The summed E-state index contributed by atoms with van der Waals surface area (Å²) in [6.45, 7) is 8.50. The quantitative estimate of drug-likeness (QED) is 0.502. The number of carbonyl (C=O) groups is 2. The minimum atomic E-state index is -0.225. The lowest BCUT2D eigenvalue weighted by atomic mass is 10.2. The number of carbonyl (C=O) groups excluding carboxylic acids is 2. The highest BCUT2D eigenvalue weighted by Crippen LogP contribution is 2.29. The third-order valence-corrected chi connectivity index (χ3v) is 6.33. The molecule has 6 nitrogen and oxygen atoms in total. The Morgan fingerprint density at radius 1 is 0.800 bits per heavy atom. The lowest BCUT2D eigenvalue weighted by Gasteiger charge is -2.04. The van der Waals surface area contributed by atoms with E-state index in [0.717, 1.165) is 25.7 Å². The van der Waals surface area contributed by atoms with Crippen molar-refractivity contribution in [3.63, 3.8) is 0 Å². The van der Waals surface area contributed by atoms with Gasteiger partial charge in [0.05, 0.1) is 13.2 Å². The second-order valence-electron chi connectivity index (χ2n) is 6.89. The van der Waals surface area contributed by atoms with Gasteiger partial charge in [0.15, 0.2) is 0 Å². The maximum absolute atomic E-state index is 11.5.